The molecule has 0 fully saturated rings. The third-order valence-corrected chi connectivity index (χ3v) is 5.44. The van der Waals surface area contributed by atoms with Crippen LogP contribution in [0.1, 0.15) is 22.5 Å². The van der Waals surface area contributed by atoms with Crippen LogP contribution < -0.4 is 0 Å². The smallest absolute Gasteiger partial charge is 0.178 e. The lowest BCUT2D eigenvalue weighted by Crippen LogP contribution is -2.08. The second-order valence-electron chi connectivity index (χ2n) is 4.14. The number of hydrogen-bond acceptors (Lipinski definition) is 4. The first-order chi connectivity index (χ1) is 9.09. The van der Waals surface area contributed by atoms with Crippen LogP contribution in [0, 0.1) is 0 Å². The molecule has 5 heteroatoms. The van der Waals surface area contributed by atoms with Crippen molar-refractivity contribution in [3.8, 4) is 0 Å². The Labute approximate surface area is 116 Å². The molecule has 1 aromatic carbocycles. The zero-order chi connectivity index (χ0) is 13.7. The summed E-state index contributed by atoms with van der Waals surface area (Å²) in [6, 6.07) is 11.9. The predicted octanol–water partition coefficient (Wildman–Crippen LogP) is 3.18. The summed E-state index contributed by atoms with van der Waals surface area (Å²) >= 11 is 1.39. The number of thiophene rings is 1. The Morgan fingerprint density at radius 2 is 1.79 bits per heavy atom. The minimum absolute atomic E-state index is 0.00806. The molecule has 0 spiro atoms. The molecule has 0 radical (unpaired) electrons. The van der Waals surface area contributed by atoms with Gasteiger partial charge in [-0.1, -0.05) is 24.3 Å². The van der Waals surface area contributed by atoms with E-state index in [-0.39, 0.29) is 18.0 Å². The number of carbonyl (C=O) groups excluding carboxylic acids is 1. The maximum atomic E-state index is 12.0. The summed E-state index contributed by atoms with van der Waals surface area (Å²) in [5.41, 5.74) is 0. The van der Waals surface area contributed by atoms with Gasteiger partial charge >= 0.3 is 0 Å². The van der Waals surface area contributed by atoms with Gasteiger partial charge in [-0.05, 0) is 30.0 Å². The van der Waals surface area contributed by atoms with Crippen LogP contribution >= 0.6 is 11.3 Å². The molecule has 0 amide bonds. The molecule has 1 aromatic heterocycles. The molecule has 0 atom stereocenters. The van der Waals surface area contributed by atoms with E-state index in [2.05, 4.69) is 0 Å². The second kappa shape index (κ2) is 6.12. The molecule has 0 N–H and O–H groups in total. The van der Waals surface area contributed by atoms with Crippen LogP contribution in [-0.2, 0) is 9.84 Å². The summed E-state index contributed by atoms with van der Waals surface area (Å²) in [4.78, 5) is 12.8. The van der Waals surface area contributed by atoms with Crippen molar-refractivity contribution in [2.45, 2.75) is 17.7 Å². The van der Waals surface area contributed by atoms with Crippen LogP contribution in [0.25, 0.3) is 0 Å². The topological polar surface area (TPSA) is 51.2 Å². The SMILES string of the molecule is O=C(CCCS(=O)(=O)c1ccccc1)c1cccs1. The van der Waals surface area contributed by atoms with E-state index in [0.29, 0.717) is 16.2 Å². The zero-order valence-electron chi connectivity index (χ0n) is 10.3. The highest BCUT2D eigenvalue weighted by Gasteiger charge is 2.15. The van der Waals surface area contributed by atoms with Gasteiger partial charge in [-0.2, -0.15) is 0 Å². The van der Waals surface area contributed by atoms with Crippen molar-refractivity contribution in [1.29, 1.82) is 0 Å². The molecule has 0 aliphatic heterocycles. The van der Waals surface area contributed by atoms with Gasteiger partial charge in [-0.3, -0.25) is 4.79 Å². The average molecular weight is 294 g/mol. The number of benzene rings is 1. The van der Waals surface area contributed by atoms with Crippen molar-refractivity contribution >= 4 is 27.0 Å². The predicted molar refractivity (Wildman–Crippen MR) is 76.4 cm³/mol. The summed E-state index contributed by atoms with van der Waals surface area (Å²) in [6.45, 7) is 0. The van der Waals surface area contributed by atoms with Crippen molar-refractivity contribution < 1.29 is 13.2 Å². The van der Waals surface area contributed by atoms with Crippen molar-refractivity contribution in [2.24, 2.45) is 0 Å². The van der Waals surface area contributed by atoms with Gasteiger partial charge in [0.15, 0.2) is 15.6 Å². The standard InChI is InChI=1S/C14H14O3S2/c15-13(14-9-4-10-18-14)8-5-11-19(16,17)12-6-2-1-3-7-12/h1-4,6-7,9-10H,5,8,11H2. The van der Waals surface area contributed by atoms with Crippen LogP contribution in [0.2, 0.25) is 0 Å². The molecule has 0 saturated carbocycles. The van der Waals surface area contributed by atoms with Gasteiger partial charge in [0.2, 0.25) is 0 Å². The Hall–Kier alpha value is -1.46. The van der Waals surface area contributed by atoms with Gasteiger partial charge in [0, 0.05) is 6.42 Å². The number of rotatable bonds is 6. The minimum Gasteiger partial charge on any atom is -0.293 e. The number of hydrogen-bond donors (Lipinski definition) is 0. The Bertz CT molecular complexity index is 629. The fourth-order valence-corrected chi connectivity index (χ4v) is 3.76. The van der Waals surface area contributed by atoms with E-state index in [0.717, 1.165) is 0 Å². The Morgan fingerprint density at radius 1 is 1.05 bits per heavy atom. The molecule has 0 aliphatic rings. The molecule has 0 saturated heterocycles. The van der Waals surface area contributed by atoms with Crippen molar-refractivity contribution in [1.82, 2.24) is 0 Å². The largest absolute Gasteiger partial charge is 0.293 e. The fraction of sp³-hybridized carbons (Fsp3) is 0.214. The van der Waals surface area contributed by atoms with Crippen LogP contribution in [0.3, 0.4) is 0 Å². The normalized spacial score (nSPS) is 11.4. The summed E-state index contributed by atoms with van der Waals surface area (Å²) in [5.74, 6) is 0.0203. The molecule has 2 aromatic rings. The minimum atomic E-state index is -3.27. The molecule has 2 rings (SSSR count). The molecule has 0 aliphatic carbocycles. The highest BCUT2D eigenvalue weighted by atomic mass is 32.2. The van der Waals surface area contributed by atoms with E-state index in [1.165, 1.54) is 11.3 Å². The zero-order valence-corrected chi connectivity index (χ0v) is 11.9. The third kappa shape index (κ3) is 3.75. The maximum absolute atomic E-state index is 12.0. The summed E-state index contributed by atoms with van der Waals surface area (Å²) in [6.07, 6.45) is 0.626. The lowest BCUT2D eigenvalue weighted by atomic mass is 10.2. The average Bonchev–Trinajstić information content (AvgIpc) is 2.93. The Balaban J connectivity index is 1.91. The monoisotopic (exact) mass is 294 g/mol. The van der Waals surface area contributed by atoms with Crippen molar-refractivity contribution in [2.75, 3.05) is 5.75 Å². The Kier molecular flexibility index (Phi) is 4.50. The van der Waals surface area contributed by atoms with E-state index >= 15 is 0 Å². The van der Waals surface area contributed by atoms with Crippen molar-refractivity contribution in [3.63, 3.8) is 0 Å². The Morgan fingerprint density at radius 3 is 2.42 bits per heavy atom. The lowest BCUT2D eigenvalue weighted by Gasteiger charge is -2.03. The van der Waals surface area contributed by atoms with E-state index in [1.54, 1.807) is 36.4 Å². The first-order valence-corrected chi connectivity index (χ1v) is 8.47. The summed E-state index contributed by atoms with van der Waals surface area (Å²) in [7, 11) is -3.27. The lowest BCUT2D eigenvalue weighted by molar-refractivity contribution is 0.0986. The van der Waals surface area contributed by atoms with Crippen molar-refractivity contribution in [3.05, 3.63) is 52.7 Å². The van der Waals surface area contributed by atoms with Crippen LogP contribution in [-0.4, -0.2) is 20.0 Å². The molecule has 0 bridgehead atoms. The van der Waals surface area contributed by atoms with Gasteiger partial charge in [-0.15, -0.1) is 11.3 Å². The first-order valence-electron chi connectivity index (χ1n) is 5.94. The van der Waals surface area contributed by atoms with E-state index < -0.39 is 9.84 Å². The summed E-state index contributed by atoms with van der Waals surface area (Å²) in [5, 5.41) is 1.84. The molecular weight excluding hydrogens is 280 g/mol. The van der Waals surface area contributed by atoms with Gasteiger partial charge in [-0.25, -0.2) is 8.42 Å². The molecular formula is C14H14O3S2. The molecule has 19 heavy (non-hydrogen) atoms. The second-order valence-corrected chi connectivity index (χ2v) is 7.19. The molecule has 1 heterocycles. The van der Waals surface area contributed by atoms with E-state index in [4.69, 9.17) is 0 Å². The highest BCUT2D eigenvalue weighted by Crippen LogP contribution is 2.15. The van der Waals surface area contributed by atoms with Gasteiger partial charge in [0.05, 0.1) is 15.5 Å². The summed E-state index contributed by atoms with van der Waals surface area (Å²) < 4.78 is 24.0. The number of Topliss-reactive ketones (excluding diaryl/α,β-unsaturated/α-hetero) is 1. The van der Waals surface area contributed by atoms with Gasteiger partial charge in [0.1, 0.15) is 0 Å². The highest BCUT2D eigenvalue weighted by molar-refractivity contribution is 7.91. The number of sulfone groups is 1. The molecule has 100 valence electrons. The number of carbonyl (C=O) groups is 1. The molecule has 3 nitrogen and oxygen atoms in total. The van der Waals surface area contributed by atoms with Gasteiger partial charge in [0.25, 0.3) is 0 Å². The maximum Gasteiger partial charge on any atom is 0.178 e. The van der Waals surface area contributed by atoms with Gasteiger partial charge < -0.3 is 0 Å². The van der Waals surface area contributed by atoms with Crippen LogP contribution in [0.5, 0.6) is 0 Å². The third-order valence-electron chi connectivity index (χ3n) is 2.72. The van der Waals surface area contributed by atoms with E-state index in [9.17, 15) is 13.2 Å². The van der Waals surface area contributed by atoms with Crippen LogP contribution in [0.15, 0.2) is 52.7 Å². The van der Waals surface area contributed by atoms with E-state index in [1.807, 2.05) is 11.4 Å². The first kappa shape index (κ1) is 14.0. The molecule has 0 unspecified atom stereocenters. The fourth-order valence-electron chi connectivity index (χ4n) is 1.73. The number of ketones is 1. The van der Waals surface area contributed by atoms with Crippen LogP contribution in [0.4, 0.5) is 0 Å². The quantitative estimate of drug-likeness (QED) is 0.769.